The van der Waals surface area contributed by atoms with Gasteiger partial charge in [-0.15, -0.1) is 0 Å². The van der Waals surface area contributed by atoms with Crippen molar-refractivity contribution in [3.8, 4) is 5.75 Å². The van der Waals surface area contributed by atoms with Crippen molar-refractivity contribution in [3.63, 3.8) is 0 Å². The Balaban J connectivity index is 1.95. The monoisotopic (exact) mass is 390 g/mol. The molecule has 0 saturated heterocycles. The molecule has 2 rings (SSSR count). The first-order valence-electron chi connectivity index (χ1n) is 8.37. The molecule has 0 N–H and O–H groups in total. The van der Waals surface area contributed by atoms with Crippen molar-refractivity contribution >= 4 is 17.6 Å². The molecule has 0 spiro atoms. The van der Waals surface area contributed by atoms with Gasteiger partial charge in [-0.1, -0.05) is 6.07 Å². The van der Waals surface area contributed by atoms with Gasteiger partial charge in [-0.3, -0.25) is 14.9 Å². The topological polar surface area (TPSA) is 99.0 Å². The van der Waals surface area contributed by atoms with Crippen LogP contribution in [0.1, 0.15) is 22.8 Å². The minimum Gasteiger partial charge on any atom is -0.494 e. The van der Waals surface area contributed by atoms with Crippen LogP contribution >= 0.6 is 0 Å². The zero-order chi connectivity index (χ0) is 20.7. The number of carbonyl (C=O) groups excluding carboxylic acids is 2. The highest BCUT2D eigenvalue weighted by Gasteiger charge is 2.17. The molecule has 0 bridgehead atoms. The Labute approximate surface area is 160 Å². The Bertz CT molecular complexity index is 869. The molecule has 0 aromatic heterocycles. The molecule has 2 aromatic carbocycles. The lowest BCUT2D eigenvalue weighted by molar-refractivity contribution is -0.384. The van der Waals surface area contributed by atoms with Crippen LogP contribution in [0.2, 0.25) is 0 Å². The van der Waals surface area contributed by atoms with Crippen molar-refractivity contribution in [2.24, 2.45) is 0 Å². The van der Waals surface area contributed by atoms with E-state index in [1.807, 2.05) is 0 Å². The summed E-state index contributed by atoms with van der Waals surface area (Å²) < 4.78 is 23.6. The van der Waals surface area contributed by atoms with Crippen LogP contribution in [0.15, 0.2) is 42.5 Å². The number of ether oxygens (including phenoxy) is 2. The summed E-state index contributed by atoms with van der Waals surface area (Å²) in [5, 5.41) is 10.6. The Morgan fingerprint density at radius 1 is 1.18 bits per heavy atom. The van der Waals surface area contributed by atoms with Crippen LogP contribution < -0.4 is 4.74 Å². The molecule has 1 amide bonds. The zero-order valence-corrected chi connectivity index (χ0v) is 15.4. The van der Waals surface area contributed by atoms with Crippen LogP contribution in [0.25, 0.3) is 0 Å². The number of rotatable bonds is 8. The Morgan fingerprint density at radius 2 is 1.86 bits per heavy atom. The van der Waals surface area contributed by atoms with Gasteiger partial charge in [-0.2, -0.15) is 0 Å². The van der Waals surface area contributed by atoms with E-state index in [2.05, 4.69) is 0 Å². The fourth-order valence-electron chi connectivity index (χ4n) is 2.43. The van der Waals surface area contributed by atoms with E-state index in [1.165, 1.54) is 48.4 Å². The summed E-state index contributed by atoms with van der Waals surface area (Å²) in [4.78, 5) is 35.7. The molecule has 0 aliphatic heterocycles. The number of nitrogens with zero attached hydrogens (tertiary/aromatic N) is 2. The molecule has 0 fully saturated rings. The van der Waals surface area contributed by atoms with E-state index in [1.54, 1.807) is 13.0 Å². The second-order valence-corrected chi connectivity index (χ2v) is 5.76. The van der Waals surface area contributed by atoms with Crippen LogP contribution in [0.4, 0.5) is 10.1 Å². The highest BCUT2D eigenvalue weighted by atomic mass is 19.1. The van der Waals surface area contributed by atoms with E-state index in [4.69, 9.17) is 9.47 Å². The van der Waals surface area contributed by atoms with Gasteiger partial charge in [-0.05, 0) is 36.8 Å². The second kappa shape index (κ2) is 9.45. The molecule has 2 aromatic rings. The number of likely N-dealkylation sites (N-methyl/N-ethyl adjacent to an activating group) is 1. The summed E-state index contributed by atoms with van der Waals surface area (Å²) in [5.74, 6) is -1.65. The molecular weight excluding hydrogens is 371 g/mol. The van der Waals surface area contributed by atoms with Gasteiger partial charge in [0.15, 0.2) is 18.2 Å². The maximum atomic E-state index is 13.8. The van der Waals surface area contributed by atoms with Crippen molar-refractivity contribution < 1.29 is 28.4 Å². The molecule has 148 valence electrons. The van der Waals surface area contributed by atoms with Gasteiger partial charge in [0, 0.05) is 25.2 Å². The van der Waals surface area contributed by atoms with E-state index >= 15 is 0 Å². The number of nitro groups is 1. The number of methoxy groups -OCH3 is 1. The second-order valence-electron chi connectivity index (χ2n) is 5.76. The normalized spacial score (nSPS) is 10.2. The molecule has 0 saturated carbocycles. The van der Waals surface area contributed by atoms with Gasteiger partial charge in [0.2, 0.25) is 0 Å². The number of halogens is 1. The number of amides is 1. The quantitative estimate of drug-likeness (QED) is 0.390. The summed E-state index contributed by atoms with van der Waals surface area (Å²) in [6.45, 7) is 1.73. The maximum Gasteiger partial charge on any atom is 0.338 e. The molecule has 0 radical (unpaired) electrons. The average Bonchev–Trinajstić information content (AvgIpc) is 2.70. The summed E-state index contributed by atoms with van der Waals surface area (Å²) in [6, 6.07) is 9.24. The fourth-order valence-corrected chi connectivity index (χ4v) is 2.43. The van der Waals surface area contributed by atoms with E-state index in [0.717, 1.165) is 0 Å². The van der Waals surface area contributed by atoms with Gasteiger partial charge < -0.3 is 14.4 Å². The predicted molar refractivity (Wildman–Crippen MR) is 97.4 cm³/mol. The van der Waals surface area contributed by atoms with Crippen molar-refractivity contribution in [1.82, 2.24) is 4.90 Å². The lowest BCUT2D eigenvalue weighted by Crippen LogP contribution is -2.34. The summed E-state index contributed by atoms with van der Waals surface area (Å²) in [5.41, 5.74) is 0.505. The summed E-state index contributed by atoms with van der Waals surface area (Å²) >= 11 is 0. The first kappa shape index (κ1) is 20.8. The molecule has 0 aliphatic rings. The molecule has 8 nitrogen and oxygen atoms in total. The van der Waals surface area contributed by atoms with Crippen LogP contribution in [-0.2, 0) is 16.1 Å². The Hall–Kier alpha value is -3.49. The third kappa shape index (κ3) is 5.26. The van der Waals surface area contributed by atoms with Crippen molar-refractivity contribution in [2.45, 2.75) is 13.5 Å². The molecule has 28 heavy (non-hydrogen) atoms. The number of hydrogen-bond acceptors (Lipinski definition) is 6. The minimum absolute atomic E-state index is 0.0960. The maximum absolute atomic E-state index is 13.8. The SMILES string of the molecule is CCN(Cc1ccc(OC)c(F)c1)C(=O)COC(=O)c1ccc([N+](=O)[O-])cc1. The average molecular weight is 390 g/mol. The van der Waals surface area contributed by atoms with Gasteiger partial charge in [0.1, 0.15) is 0 Å². The minimum atomic E-state index is -0.769. The molecule has 9 heteroatoms. The zero-order valence-electron chi connectivity index (χ0n) is 15.4. The third-order valence-electron chi connectivity index (χ3n) is 3.96. The van der Waals surface area contributed by atoms with E-state index < -0.39 is 29.2 Å². The molecule has 0 atom stereocenters. The highest BCUT2D eigenvalue weighted by Crippen LogP contribution is 2.19. The highest BCUT2D eigenvalue weighted by molar-refractivity contribution is 5.91. The van der Waals surface area contributed by atoms with Crippen molar-refractivity contribution in [2.75, 3.05) is 20.3 Å². The van der Waals surface area contributed by atoms with Gasteiger partial charge in [0.25, 0.3) is 11.6 Å². The fraction of sp³-hybridized carbons (Fsp3) is 0.263. The Kier molecular flexibility index (Phi) is 7.02. The van der Waals surface area contributed by atoms with Gasteiger partial charge >= 0.3 is 5.97 Å². The van der Waals surface area contributed by atoms with Crippen LogP contribution in [0.3, 0.4) is 0 Å². The van der Waals surface area contributed by atoms with Crippen LogP contribution in [-0.4, -0.2) is 42.0 Å². The number of hydrogen-bond donors (Lipinski definition) is 0. The first-order chi connectivity index (χ1) is 13.3. The molecular formula is C19H19FN2O6. The van der Waals surface area contributed by atoms with Crippen LogP contribution in [0.5, 0.6) is 5.75 Å². The molecule has 0 unspecified atom stereocenters. The lowest BCUT2D eigenvalue weighted by Gasteiger charge is -2.21. The number of benzene rings is 2. The largest absolute Gasteiger partial charge is 0.494 e. The van der Waals surface area contributed by atoms with E-state index in [-0.39, 0.29) is 23.5 Å². The van der Waals surface area contributed by atoms with Crippen molar-refractivity contribution in [1.29, 1.82) is 0 Å². The van der Waals surface area contributed by atoms with E-state index in [0.29, 0.717) is 12.1 Å². The molecule has 0 heterocycles. The number of non-ortho nitro benzene ring substituents is 1. The standard InChI is InChI=1S/C19H19FN2O6/c1-3-21(11-13-4-9-17(27-2)16(20)10-13)18(23)12-28-19(24)14-5-7-15(8-6-14)22(25)26/h4-10H,3,11-12H2,1-2H3. The lowest BCUT2D eigenvalue weighted by atomic mass is 10.2. The third-order valence-corrected chi connectivity index (χ3v) is 3.96. The number of nitro benzene ring substituents is 1. The summed E-state index contributed by atoms with van der Waals surface area (Å²) in [6.07, 6.45) is 0. The predicted octanol–water partition coefficient (Wildman–Crippen LogP) is 2.95. The van der Waals surface area contributed by atoms with Gasteiger partial charge in [0.05, 0.1) is 17.6 Å². The van der Waals surface area contributed by atoms with Gasteiger partial charge in [-0.25, -0.2) is 9.18 Å². The molecule has 0 aliphatic carbocycles. The smallest absolute Gasteiger partial charge is 0.338 e. The van der Waals surface area contributed by atoms with Crippen LogP contribution in [0, 0.1) is 15.9 Å². The van der Waals surface area contributed by atoms with E-state index in [9.17, 15) is 24.1 Å². The number of carbonyl (C=O) groups is 2. The first-order valence-corrected chi connectivity index (χ1v) is 8.37. The van der Waals surface area contributed by atoms with Crippen molar-refractivity contribution in [3.05, 3.63) is 69.5 Å². The Morgan fingerprint density at radius 3 is 2.39 bits per heavy atom. The number of esters is 1. The summed E-state index contributed by atoms with van der Waals surface area (Å²) in [7, 11) is 1.36.